The number of anilines is 1. The van der Waals surface area contributed by atoms with Gasteiger partial charge < -0.3 is 20.9 Å². The van der Waals surface area contributed by atoms with Crippen LogP contribution in [0.25, 0.3) is 17.2 Å². The quantitative estimate of drug-likeness (QED) is 0.445. The molecular formula is C27H38N2O3. The molecule has 5 nitrogen and oxygen atoms in total. The minimum Gasteiger partial charge on any atom is -0.497 e. The first-order valence-corrected chi connectivity index (χ1v) is 10.3. The van der Waals surface area contributed by atoms with Crippen LogP contribution in [0.15, 0.2) is 85.4 Å². The molecule has 1 amide bonds. The Labute approximate surface area is 193 Å². The van der Waals surface area contributed by atoms with Gasteiger partial charge >= 0.3 is 0 Å². The summed E-state index contributed by atoms with van der Waals surface area (Å²) >= 11 is 0. The Morgan fingerprint density at radius 1 is 0.938 bits per heavy atom. The number of rotatable bonds is 4. The smallest absolute Gasteiger partial charge is 0.204 e. The van der Waals surface area contributed by atoms with Crippen molar-refractivity contribution in [2.75, 3.05) is 26.6 Å². The van der Waals surface area contributed by atoms with Gasteiger partial charge in [-0.05, 0) is 29.3 Å². The predicted molar refractivity (Wildman–Crippen MR) is 139 cm³/mol. The van der Waals surface area contributed by atoms with Gasteiger partial charge in [-0.25, -0.2) is 0 Å². The minimum absolute atomic E-state index is 0.250. The van der Waals surface area contributed by atoms with Gasteiger partial charge in [0, 0.05) is 25.4 Å². The summed E-state index contributed by atoms with van der Waals surface area (Å²) in [6, 6.07) is 26.6. The Morgan fingerprint density at radius 3 is 1.66 bits per heavy atom. The van der Waals surface area contributed by atoms with Crippen LogP contribution in [0.1, 0.15) is 25.8 Å². The fourth-order valence-corrected chi connectivity index (χ4v) is 2.33. The maximum atomic E-state index is 8.58. The fourth-order valence-electron chi connectivity index (χ4n) is 2.33. The number of nitrogens with two attached hydrogens (primary N) is 1. The predicted octanol–water partition coefficient (Wildman–Crippen LogP) is 5.86. The molecule has 0 bridgehead atoms. The van der Waals surface area contributed by atoms with Crippen LogP contribution >= 0.6 is 0 Å². The van der Waals surface area contributed by atoms with Gasteiger partial charge in [0.25, 0.3) is 0 Å². The molecule has 3 aromatic rings. The molecule has 0 aromatic heterocycles. The maximum Gasteiger partial charge on any atom is 0.204 e. The molecule has 0 unspecified atom stereocenters. The van der Waals surface area contributed by atoms with Crippen LogP contribution in [0.4, 0.5) is 5.69 Å². The molecular weight excluding hydrogens is 400 g/mol. The van der Waals surface area contributed by atoms with E-state index < -0.39 is 0 Å². The number of primary amides is 1. The van der Waals surface area contributed by atoms with Crippen LogP contribution < -0.4 is 15.8 Å². The first-order chi connectivity index (χ1) is 15.6. The van der Waals surface area contributed by atoms with Crippen molar-refractivity contribution < 1.29 is 14.6 Å². The lowest BCUT2D eigenvalue weighted by Gasteiger charge is -2.06. The van der Waals surface area contributed by atoms with Crippen molar-refractivity contribution in [2.45, 2.75) is 20.3 Å². The number of carbonyl (C=O) groups excluding carboxylic acids is 1. The second-order valence-electron chi connectivity index (χ2n) is 5.98. The topological polar surface area (TPSA) is 84.6 Å². The van der Waals surface area contributed by atoms with Crippen LogP contribution in [0.5, 0.6) is 5.75 Å². The summed E-state index contributed by atoms with van der Waals surface area (Å²) in [5.74, 6) is 0.851. The second kappa shape index (κ2) is 22.1. The summed E-state index contributed by atoms with van der Waals surface area (Å²) in [6.07, 6.45) is 3.30. The standard InChI is InChI=1S/C12H10.C10H13NO.C3H8.CH3NO.CH4O/c1-3-7-11(8-4-1)12-9-5-2-6-10-12;1-4-8-7-9(12-3)5-6-10(8)11-2;1-3-2;2-1-3;1-2/h1-10H;4-7,11H,1H2,2-3H3;3H2,1-2H3;1H,(H2,2,3);2H,1H3. The van der Waals surface area contributed by atoms with Gasteiger partial charge in [-0.15, -0.1) is 0 Å². The van der Waals surface area contributed by atoms with Crippen molar-refractivity contribution in [2.24, 2.45) is 5.73 Å². The van der Waals surface area contributed by atoms with E-state index in [4.69, 9.17) is 14.6 Å². The third kappa shape index (κ3) is 13.6. The third-order valence-electron chi connectivity index (χ3n) is 3.63. The Balaban J connectivity index is 0. The molecule has 3 rings (SSSR count). The number of carbonyl (C=O) groups is 1. The van der Waals surface area contributed by atoms with Gasteiger partial charge in [0.15, 0.2) is 0 Å². The van der Waals surface area contributed by atoms with E-state index in [9.17, 15) is 0 Å². The lowest BCUT2D eigenvalue weighted by molar-refractivity contribution is -0.106. The summed E-state index contributed by atoms with van der Waals surface area (Å²) < 4.78 is 5.08. The first-order valence-electron chi connectivity index (χ1n) is 10.3. The highest BCUT2D eigenvalue weighted by atomic mass is 16.5. The molecule has 0 aliphatic heterocycles. The van der Waals surface area contributed by atoms with E-state index in [0.717, 1.165) is 24.1 Å². The third-order valence-corrected chi connectivity index (χ3v) is 3.63. The Bertz CT molecular complexity index is 785. The average Bonchev–Trinajstić information content (AvgIpc) is 2.87. The van der Waals surface area contributed by atoms with Gasteiger partial charge in [-0.2, -0.15) is 0 Å². The fraction of sp³-hybridized carbons (Fsp3) is 0.222. The number of hydrogen-bond acceptors (Lipinski definition) is 4. The van der Waals surface area contributed by atoms with Crippen molar-refractivity contribution in [3.8, 4) is 16.9 Å². The molecule has 3 aromatic carbocycles. The number of ether oxygens (including phenoxy) is 1. The Hall–Kier alpha value is -3.57. The monoisotopic (exact) mass is 438 g/mol. The number of aliphatic hydroxyl groups is 1. The molecule has 32 heavy (non-hydrogen) atoms. The molecule has 0 aliphatic carbocycles. The van der Waals surface area contributed by atoms with E-state index in [0.29, 0.717) is 0 Å². The van der Waals surface area contributed by atoms with Crippen molar-refractivity contribution in [3.05, 3.63) is 91.0 Å². The van der Waals surface area contributed by atoms with Crippen LogP contribution in [0, 0.1) is 0 Å². The lowest BCUT2D eigenvalue weighted by atomic mass is 10.1. The summed E-state index contributed by atoms with van der Waals surface area (Å²) in [7, 11) is 4.54. The van der Waals surface area contributed by atoms with E-state index in [-0.39, 0.29) is 6.41 Å². The first kappa shape index (κ1) is 30.6. The van der Waals surface area contributed by atoms with Crippen molar-refractivity contribution in [1.29, 1.82) is 0 Å². The summed E-state index contributed by atoms with van der Waals surface area (Å²) in [5, 5.41) is 10.1. The maximum absolute atomic E-state index is 8.58. The molecule has 5 heteroatoms. The zero-order chi connectivity index (χ0) is 24.6. The number of nitrogens with one attached hydrogen (secondary N) is 1. The van der Waals surface area contributed by atoms with Crippen molar-refractivity contribution >= 4 is 18.2 Å². The largest absolute Gasteiger partial charge is 0.497 e. The zero-order valence-electron chi connectivity index (χ0n) is 19.9. The van der Waals surface area contributed by atoms with E-state index >= 15 is 0 Å². The zero-order valence-corrected chi connectivity index (χ0v) is 19.9. The highest BCUT2D eigenvalue weighted by Crippen LogP contribution is 2.22. The molecule has 0 saturated heterocycles. The molecule has 174 valence electrons. The van der Waals surface area contributed by atoms with Crippen LogP contribution in [0.3, 0.4) is 0 Å². The highest BCUT2D eigenvalue weighted by molar-refractivity contribution is 5.67. The van der Waals surface area contributed by atoms with Gasteiger partial charge in [0.05, 0.1) is 7.11 Å². The highest BCUT2D eigenvalue weighted by Gasteiger charge is 1.98. The number of amides is 1. The molecule has 0 atom stereocenters. The van der Waals surface area contributed by atoms with Crippen molar-refractivity contribution in [1.82, 2.24) is 0 Å². The molecule has 0 heterocycles. The molecule has 0 radical (unpaired) electrons. The Morgan fingerprint density at radius 2 is 1.34 bits per heavy atom. The molecule has 0 saturated carbocycles. The summed E-state index contributed by atoms with van der Waals surface area (Å²) in [5.41, 5.74) is 8.83. The van der Waals surface area contributed by atoms with E-state index in [1.807, 2.05) is 37.4 Å². The number of aliphatic hydroxyl groups excluding tert-OH is 1. The van der Waals surface area contributed by atoms with Crippen LogP contribution in [-0.2, 0) is 4.79 Å². The molecule has 4 N–H and O–H groups in total. The average molecular weight is 439 g/mol. The minimum atomic E-state index is 0.250. The second-order valence-corrected chi connectivity index (χ2v) is 5.98. The Kier molecular flexibility index (Phi) is 21.2. The number of benzene rings is 3. The lowest BCUT2D eigenvalue weighted by Crippen LogP contribution is -1.92. The van der Waals surface area contributed by atoms with E-state index in [2.05, 4.69) is 80.0 Å². The van der Waals surface area contributed by atoms with Crippen LogP contribution in [-0.4, -0.2) is 32.8 Å². The SMILES string of the molecule is C=Cc1cc(OC)ccc1NC.CCC.CO.NC=O.c1ccc(-c2ccccc2)cc1. The van der Waals surface area contributed by atoms with E-state index in [1.165, 1.54) is 17.5 Å². The van der Waals surface area contributed by atoms with Crippen LogP contribution in [0.2, 0.25) is 0 Å². The molecule has 0 aliphatic rings. The summed E-state index contributed by atoms with van der Waals surface area (Å²) in [4.78, 5) is 8.58. The molecule has 0 fully saturated rings. The van der Waals surface area contributed by atoms with Gasteiger partial charge in [0.1, 0.15) is 5.75 Å². The normalized spacial score (nSPS) is 8.19. The van der Waals surface area contributed by atoms with Crippen molar-refractivity contribution in [3.63, 3.8) is 0 Å². The van der Waals surface area contributed by atoms with E-state index in [1.54, 1.807) is 13.2 Å². The number of methoxy groups -OCH3 is 1. The van der Waals surface area contributed by atoms with Gasteiger partial charge in [-0.1, -0.05) is 93.6 Å². The molecule has 0 spiro atoms. The van der Waals surface area contributed by atoms with Gasteiger partial charge in [0.2, 0.25) is 6.41 Å². The van der Waals surface area contributed by atoms with Gasteiger partial charge in [-0.3, -0.25) is 4.79 Å². The summed E-state index contributed by atoms with van der Waals surface area (Å²) in [6.45, 7) is 7.97. The number of hydrogen-bond donors (Lipinski definition) is 3.